The van der Waals surface area contributed by atoms with Crippen molar-refractivity contribution in [2.24, 2.45) is 0 Å². The molecule has 0 bridgehead atoms. The number of ether oxygens (including phenoxy) is 2. The topological polar surface area (TPSA) is 50.8 Å². The van der Waals surface area contributed by atoms with Gasteiger partial charge in [-0.3, -0.25) is 0 Å². The zero-order valence-electron chi connectivity index (χ0n) is 13.6. The van der Waals surface area contributed by atoms with E-state index in [2.05, 4.69) is 17.1 Å². The highest BCUT2D eigenvalue weighted by atomic mass is 35.5. The summed E-state index contributed by atoms with van der Waals surface area (Å²) in [6, 6.07) is 7.68. The molecule has 1 atom stereocenters. The molecule has 1 fully saturated rings. The Labute approximate surface area is 150 Å². The first-order valence-electron chi connectivity index (χ1n) is 7.46. The van der Waals surface area contributed by atoms with E-state index in [-0.39, 0.29) is 30.8 Å². The van der Waals surface area contributed by atoms with Crippen LogP contribution < -0.4 is 10.1 Å². The van der Waals surface area contributed by atoms with Crippen LogP contribution in [0.3, 0.4) is 0 Å². The van der Waals surface area contributed by atoms with Gasteiger partial charge in [-0.05, 0) is 31.5 Å². The summed E-state index contributed by atoms with van der Waals surface area (Å²) in [6.45, 7) is 7.16. The fraction of sp³-hybridized carbons (Fsp3) is 0.562. The number of hydrogen-bond acceptors (Lipinski definition) is 5. The molecule has 7 heteroatoms. The van der Waals surface area contributed by atoms with Crippen LogP contribution in [0.4, 0.5) is 0 Å². The Morgan fingerprint density at radius 1 is 1.39 bits per heavy atom. The average Bonchev–Trinajstić information content (AvgIpc) is 2.51. The number of nitrogens with one attached hydrogen (secondary N) is 1. The number of methoxy groups -OCH3 is 1. The molecule has 0 saturated carbocycles. The number of carbonyl (C=O) groups excluding carboxylic acids is 1. The number of hydrogen-bond donors (Lipinski definition) is 1. The first-order chi connectivity index (χ1) is 10.2. The molecule has 132 valence electrons. The van der Waals surface area contributed by atoms with E-state index in [1.807, 2.05) is 6.07 Å². The Balaban J connectivity index is 0.00000242. The number of benzene rings is 1. The lowest BCUT2D eigenvalue weighted by Crippen LogP contribution is -2.49. The van der Waals surface area contributed by atoms with Gasteiger partial charge in [-0.2, -0.15) is 0 Å². The minimum Gasteiger partial charge on any atom is -0.494 e. The number of rotatable bonds is 6. The highest BCUT2D eigenvalue weighted by Gasteiger charge is 2.14. The molecule has 0 aromatic heterocycles. The molecular weight excluding hydrogens is 339 g/mol. The molecule has 5 nitrogen and oxygen atoms in total. The number of nitrogens with zero attached hydrogens (tertiary/aromatic N) is 1. The monoisotopic (exact) mass is 364 g/mol. The number of esters is 1. The molecule has 0 amide bonds. The first-order valence-corrected chi connectivity index (χ1v) is 7.46. The highest BCUT2D eigenvalue weighted by Crippen LogP contribution is 2.14. The standard InChI is InChI=1S/C16H24N2O3.2ClH/c1-13-12-18(9-7-17-13)8-4-10-21-15-6-3-5-14(11-15)16(19)20-2;;/h3,5-6,11,13,17H,4,7-10,12H2,1-2H3;2*1H/t13-;;/m1../s1. The quantitative estimate of drug-likeness (QED) is 0.620. The summed E-state index contributed by atoms with van der Waals surface area (Å²) in [5.74, 6) is 0.377. The molecule has 1 heterocycles. The van der Waals surface area contributed by atoms with Gasteiger partial charge < -0.3 is 19.7 Å². The molecule has 1 aliphatic heterocycles. The minimum atomic E-state index is -0.338. The van der Waals surface area contributed by atoms with E-state index in [1.165, 1.54) is 7.11 Å². The normalized spacial score (nSPS) is 17.6. The maximum absolute atomic E-state index is 11.4. The van der Waals surface area contributed by atoms with Gasteiger partial charge in [0.25, 0.3) is 0 Å². The molecule has 1 aliphatic rings. The molecule has 23 heavy (non-hydrogen) atoms. The van der Waals surface area contributed by atoms with Crippen LogP contribution in [-0.2, 0) is 4.74 Å². The minimum absolute atomic E-state index is 0. The van der Waals surface area contributed by atoms with Gasteiger partial charge in [0.2, 0.25) is 0 Å². The molecule has 0 spiro atoms. The largest absolute Gasteiger partial charge is 0.494 e. The van der Waals surface area contributed by atoms with Crippen molar-refractivity contribution in [3.63, 3.8) is 0 Å². The second-order valence-electron chi connectivity index (χ2n) is 5.38. The number of halogens is 2. The average molecular weight is 365 g/mol. The van der Waals surface area contributed by atoms with Gasteiger partial charge in [0.1, 0.15) is 5.75 Å². The lowest BCUT2D eigenvalue weighted by Gasteiger charge is -2.31. The van der Waals surface area contributed by atoms with Gasteiger partial charge in [0.05, 0.1) is 19.3 Å². The van der Waals surface area contributed by atoms with Crippen LogP contribution in [0.15, 0.2) is 24.3 Å². The third-order valence-corrected chi connectivity index (χ3v) is 3.60. The van der Waals surface area contributed by atoms with Crippen LogP contribution in [0.5, 0.6) is 5.75 Å². The molecule has 2 rings (SSSR count). The second kappa shape index (κ2) is 11.5. The lowest BCUT2D eigenvalue weighted by molar-refractivity contribution is 0.0600. The number of piperazine rings is 1. The fourth-order valence-corrected chi connectivity index (χ4v) is 2.52. The van der Waals surface area contributed by atoms with Crippen LogP contribution in [-0.4, -0.2) is 56.8 Å². The lowest BCUT2D eigenvalue weighted by atomic mass is 10.2. The third kappa shape index (κ3) is 7.40. The summed E-state index contributed by atoms with van der Waals surface area (Å²) in [5.41, 5.74) is 0.519. The van der Waals surface area contributed by atoms with Crippen LogP contribution in [0.25, 0.3) is 0 Å². The van der Waals surface area contributed by atoms with Crippen LogP contribution in [0.2, 0.25) is 0 Å². The molecule has 1 saturated heterocycles. The smallest absolute Gasteiger partial charge is 0.337 e. The van der Waals surface area contributed by atoms with Crippen LogP contribution in [0, 0.1) is 0 Å². The van der Waals surface area contributed by atoms with Crippen molar-refractivity contribution >= 4 is 30.8 Å². The zero-order valence-corrected chi connectivity index (χ0v) is 15.3. The van der Waals surface area contributed by atoms with E-state index in [9.17, 15) is 4.79 Å². The summed E-state index contributed by atoms with van der Waals surface area (Å²) >= 11 is 0. The molecule has 0 radical (unpaired) electrons. The van der Waals surface area contributed by atoms with Crippen LogP contribution in [0.1, 0.15) is 23.7 Å². The summed E-state index contributed by atoms with van der Waals surface area (Å²) in [5, 5.41) is 3.43. The van der Waals surface area contributed by atoms with E-state index in [0.717, 1.165) is 32.6 Å². The summed E-state index contributed by atoms with van der Waals surface area (Å²) in [4.78, 5) is 13.9. The maximum atomic E-state index is 11.4. The van der Waals surface area contributed by atoms with Crippen molar-refractivity contribution in [2.45, 2.75) is 19.4 Å². The summed E-state index contributed by atoms with van der Waals surface area (Å²) in [7, 11) is 1.38. The molecule has 1 aromatic carbocycles. The fourth-order valence-electron chi connectivity index (χ4n) is 2.52. The Bertz CT molecular complexity index is 474. The summed E-state index contributed by atoms with van der Waals surface area (Å²) < 4.78 is 10.4. The van der Waals surface area contributed by atoms with Crippen molar-refractivity contribution in [1.29, 1.82) is 0 Å². The molecule has 0 unspecified atom stereocenters. The van der Waals surface area contributed by atoms with Crippen molar-refractivity contribution in [2.75, 3.05) is 39.9 Å². The Morgan fingerprint density at radius 2 is 2.17 bits per heavy atom. The number of carbonyl (C=O) groups is 1. The Hall–Kier alpha value is -1.01. The third-order valence-electron chi connectivity index (χ3n) is 3.60. The van der Waals surface area contributed by atoms with Crippen molar-refractivity contribution in [3.8, 4) is 5.75 Å². The van der Waals surface area contributed by atoms with Crippen molar-refractivity contribution in [3.05, 3.63) is 29.8 Å². The molecule has 1 N–H and O–H groups in total. The van der Waals surface area contributed by atoms with E-state index in [1.54, 1.807) is 18.2 Å². The van der Waals surface area contributed by atoms with Gasteiger partial charge in [0, 0.05) is 32.2 Å². The Morgan fingerprint density at radius 3 is 2.87 bits per heavy atom. The van der Waals surface area contributed by atoms with Gasteiger partial charge in [-0.25, -0.2) is 4.79 Å². The van der Waals surface area contributed by atoms with Gasteiger partial charge in [0.15, 0.2) is 0 Å². The highest BCUT2D eigenvalue weighted by molar-refractivity contribution is 5.89. The zero-order chi connectivity index (χ0) is 15.1. The SMILES string of the molecule is COC(=O)c1cccc(OCCCN2CCN[C@H](C)C2)c1.Cl.Cl. The van der Waals surface area contributed by atoms with Crippen molar-refractivity contribution < 1.29 is 14.3 Å². The molecular formula is C16H26Cl2N2O3. The van der Waals surface area contributed by atoms with E-state index in [4.69, 9.17) is 9.47 Å². The van der Waals surface area contributed by atoms with Crippen molar-refractivity contribution in [1.82, 2.24) is 10.2 Å². The second-order valence-corrected chi connectivity index (χ2v) is 5.38. The van der Waals surface area contributed by atoms with E-state index in [0.29, 0.717) is 24.0 Å². The van der Waals surface area contributed by atoms with Gasteiger partial charge >= 0.3 is 5.97 Å². The maximum Gasteiger partial charge on any atom is 0.337 e. The van der Waals surface area contributed by atoms with Gasteiger partial charge in [-0.15, -0.1) is 24.8 Å². The predicted molar refractivity (Wildman–Crippen MR) is 96.3 cm³/mol. The molecule has 0 aliphatic carbocycles. The molecule has 1 aromatic rings. The Kier molecular flexibility index (Phi) is 11.0. The van der Waals surface area contributed by atoms with E-state index >= 15 is 0 Å². The summed E-state index contributed by atoms with van der Waals surface area (Å²) in [6.07, 6.45) is 0.981. The van der Waals surface area contributed by atoms with Crippen LogP contribution >= 0.6 is 24.8 Å². The predicted octanol–water partition coefficient (Wildman–Crippen LogP) is 2.38. The van der Waals surface area contributed by atoms with Gasteiger partial charge in [-0.1, -0.05) is 6.07 Å². The first kappa shape index (κ1) is 22.0. The van der Waals surface area contributed by atoms with E-state index < -0.39 is 0 Å².